The highest BCUT2D eigenvalue weighted by Gasteiger charge is 2.55. The van der Waals surface area contributed by atoms with Gasteiger partial charge in [-0.2, -0.15) is 0 Å². The van der Waals surface area contributed by atoms with E-state index in [-0.39, 0.29) is 0 Å². The van der Waals surface area contributed by atoms with Crippen LogP contribution in [0, 0.1) is 0 Å². The molecule has 3 heteroatoms. The fraction of sp³-hybridized carbons (Fsp3) is 1.00. The zero-order chi connectivity index (χ0) is 8.01. The van der Waals surface area contributed by atoms with Gasteiger partial charge in [-0.05, 0) is 24.2 Å². The summed E-state index contributed by atoms with van der Waals surface area (Å²) in [6, 6.07) is 0. The SMILES string of the molecule is C[C@@H]1CC[C@@H]2[C@@H](O)[C@H](O)C[S+]12. The van der Waals surface area contributed by atoms with E-state index in [1.165, 1.54) is 6.42 Å². The van der Waals surface area contributed by atoms with Crippen molar-refractivity contribution >= 4 is 10.9 Å². The zero-order valence-electron chi connectivity index (χ0n) is 6.73. The average molecular weight is 175 g/mol. The first kappa shape index (κ1) is 7.90. The quantitative estimate of drug-likeness (QED) is 0.504. The number of aliphatic hydroxyl groups is 2. The normalized spacial score (nSPS) is 56.5. The van der Waals surface area contributed by atoms with Crippen LogP contribution in [-0.4, -0.2) is 38.7 Å². The summed E-state index contributed by atoms with van der Waals surface area (Å²) in [7, 11) is 0.327. The minimum atomic E-state index is -0.425. The predicted molar refractivity (Wildman–Crippen MR) is 46.7 cm³/mol. The summed E-state index contributed by atoms with van der Waals surface area (Å²) in [4.78, 5) is 0. The van der Waals surface area contributed by atoms with Crippen molar-refractivity contribution in [2.45, 2.75) is 42.5 Å². The number of fused-ring (bicyclic) bond motifs is 1. The first-order valence-corrected chi connectivity index (χ1v) is 5.77. The van der Waals surface area contributed by atoms with E-state index in [0.717, 1.165) is 17.4 Å². The van der Waals surface area contributed by atoms with Crippen LogP contribution in [-0.2, 0) is 10.9 Å². The lowest BCUT2D eigenvalue weighted by atomic mass is 10.1. The molecule has 2 N–H and O–H groups in total. The number of hydrogen-bond donors (Lipinski definition) is 2. The Morgan fingerprint density at radius 2 is 2.00 bits per heavy atom. The molecule has 2 aliphatic heterocycles. The maximum Gasteiger partial charge on any atom is 0.147 e. The lowest BCUT2D eigenvalue weighted by Crippen LogP contribution is -2.29. The van der Waals surface area contributed by atoms with Gasteiger partial charge >= 0.3 is 0 Å². The van der Waals surface area contributed by atoms with Crippen molar-refractivity contribution in [3.8, 4) is 0 Å². The molecule has 11 heavy (non-hydrogen) atoms. The number of hydrogen-bond acceptors (Lipinski definition) is 2. The molecule has 0 spiro atoms. The lowest BCUT2D eigenvalue weighted by Gasteiger charge is -2.06. The zero-order valence-corrected chi connectivity index (χ0v) is 7.55. The summed E-state index contributed by atoms with van der Waals surface area (Å²) in [5.41, 5.74) is 0. The molecule has 2 rings (SSSR count). The van der Waals surface area contributed by atoms with Crippen LogP contribution < -0.4 is 0 Å². The Morgan fingerprint density at radius 3 is 2.64 bits per heavy atom. The largest absolute Gasteiger partial charge is 0.385 e. The minimum Gasteiger partial charge on any atom is -0.385 e. The van der Waals surface area contributed by atoms with E-state index in [4.69, 9.17) is 0 Å². The van der Waals surface area contributed by atoms with Crippen molar-refractivity contribution in [1.82, 2.24) is 0 Å². The molecule has 0 aliphatic carbocycles. The van der Waals surface area contributed by atoms with Crippen LogP contribution in [0.1, 0.15) is 19.8 Å². The molecule has 2 heterocycles. The van der Waals surface area contributed by atoms with Crippen molar-refractivity contribution < 1.29 is 10.2 Å². The molecule has 1 unspecified atom stereocenters. The molecule has 2 nitrogen and oxygen atoms in total. The van der Waals surface area contributed by atoms with Gasteiger partial charge in [0.25, 0.3) is 0 Å². The van der Waals surface area contributed by atoms with Gasteiger partial charge < -0.3 is 10.2 Å². The van der Waals surface area contributed by atoms with E-state index in [1.807, 2.05) is 0 Å². The second-order valence-electron chi connectivity index (χ2n) is 3.62. The van der Waals surface area contributed by atoms with Crippen LogP contribution in [0.2, 0.25) is 0 Å². The molecule has 2 saturated heterocycles. The number of rotatable bonds is 0. The first-order valence-electron chi connectivity index (χ1n) is 4.25. The van der Waals surface area contributed by atoms with Gasteiger partial charge in [0.1, 0.15) is 28.5 Å². The Labute approximate surface area is 70.0 Å². The third kappa shape index (κ3) is 1.10. The maximum absolute atomic E-state index is 9.54. The van der Waals surface area contributed by atoms with Gasteiger partial charge in [-0.1, -0.05) is 0 Å². The van der Waals surface area contributed by atoms with Gasteiger partial charge in [0.15, 0.2) is 0 Å². The molecule has 2 aliphatic rings. The van der Waals surface area contributed by atoms with Gasteiger partial charge in [0.2, 0.25) is 0 Å². The summed E-state index contributed by atoms with van der Waals surface area (Å²) in [6.07, 6.45) is 1.54. The molecule has 0 aromatic rings. The highest BCUT2D eigenvalue weighted by Crippen LogP contribution is 2.37. The molecular weight excluding hydrogens is 160 g/mol. The minimum absolute atomic E-state index is 0.327. The highest BCUT2D eigenvalue weighted by atomic mass is 32.2. The second kappa shape index (κ2) is 2.64. The van der Waals surface area contributed by atoms with Crippen molar-refractivity contribution in [3.63, 3.8) is 0 Å². The van der Waals surface area contributed by atoms with E-state index >= 15 is 0 Å². The topological polar surface area (TPSA) is 40.5 Å². The Kier molecular flexibility index (Phi) is 1.90. The second-order valence-corrected chi connectivity index (χ2v) is 6.30. The number of aliphatic hydroxyl groups excluding tert-OH is 2. The Balaban J connectivity index is 2.12. The van der Waals surface area contributed by atoms with Gasteiger partial charge in [-0.15, -0.1) is 0 Å². The molecule has 5 atom stereocenters. The average Bonchev–Trinajstić information content (AvgIpc) is 2.43. The van der Waals surface area contributed by atoms with Crippen molar-refractivity contribution in [2.24, 2.45) is 0 Å². The summed E-state index contributed by atoms with van der Waals surface area (Å²) < 4.78 is 0. The van der Waals surface area contributed by atoms with Crippen LogP contribution in [0.3, 0.4) is 0 Å². The first-order chi connectivity index (χ1) is 5.20. The maximum atomic E-state index is 9.54. The Hall–Kier alpha value is 0.270. The lowest BCUT2D eigenvalue weighted by molar-refractivity contribution is 0.0408. The molecule has 64 valence electrons. The van der Waals surface area contributed by atoms with Gasteiger partial charge in [-0.25, -0.2) is 0 Å². The van der Waals surface area contributed by atoms with E-state index in [2.05, 4.69) is 6.92 Å². The van der Waals surface area contributed by atoms with E-state index < -0.39 is 12.2 Å². The summed E-state index contributed by atoms with van der Waals surface area (Å²) >= 11 is 0. The van der Waals surface area contributed by atoms with Crippen LogP contribution in [0.15, 0.2) is 0 Å². The van der Waals surface area contributed by atoms with Crippen molar-refractivity contribution in [3.05, 3.63) is 0 Å². The molecule has 0 saturated carbocycles. The van der Waals surface area contributed by atoms with Crippen molar-refractivity contribution in [2.75, 3.05) is 5.75 Å². The van der Waals surface area contributed by atoms with Gasteiger partial charge in [0, 0.05) is 6.42 Å². The van der Waals surface area contributed by atoms with E-state index in [9.17, 15) is 10.2 Å². The summed E-state index contributed by atoms with van der Waals surface area (Å²) in [5, 5.41) is 20.1. The summed E-state index contributed by atoms with van der Waals surface area (Å²) in [5.74, 6) is 0.854. The molecule has 0 aromatic heterocycles. The monoisotopic (exact) mass is 175 g/mol. The predicted octanol–water partition coefficient (Wildman–Crippen LogP) is -0.109. The smallest absolute Gasteiger partial charge is 0.147 e. The van der Waals surface area contributed by atoms with Gasteiger partial charge in [0.05, 0.1) is 0 Å². The fourth-order valence-corrected chi connectivity index (χ4v) is 5.36. The van der Waals surface area contributed by atoms with E-state index in [1.54, 1.807) is 0 Å². The van der Waals surface area contributed by atoms with Crippen LogP contribution in [0.4, 0.5) is 0 Å². The molecule has 0 aromatic carbocycles. The highest BCUT2D eigenvalue weighted by molar-refractivity contribution is 7.98. The van der Waals surface area contributed by atoms with Crippen LogP contribution >= 0.6 is 0 Å². The molecule has 2 fully saturated rings. The molecular formula is C8H15O2S+. The van der Waals surface area contributed by atoms with Crippen molar-refractivity contribution in [1.29, 1.82) is 0 Å². The third-order valence-electron chi connectivity index (χ3n) is 2.90. The fourth-order valence-electron chi connectivity index (χ4n) is 2.18. The van der Waals surface area contributed by atoms with Crippen LogP contribution in [0.25, 0.3) is 0 Å². The molecule has 0 bridgehead atoms. The molecule has 0 radical (unpaired) electrons. The molecule has 0 amide bonds. The third-order valence-corrected chi connectivity index (χ3v) is 6.19. The van der Waals surface area contributed by atoms with E-state index in [0.29, 0.717) is 16.1 Å². The van der Waals surface area contributed by atoms with Gasteiger partial charge in [-0.3, -0.25) is 0 Å². The van der Waals surface area contributed by atoms with Crippen LogP contribution in [0.5, 0.6) is 0 Å². The Bertz CT molecular complexity index is 162. The Morgan fingerprint density at radius 1 is 1.27 bits per heavy atom. The standard InChI is InChI=1S/C8H15O2S/c1-5-2-3-7-8(10)6(9)4-11(5)7/h5-10H,2-4H2,1H3/q+1/t5-,6-,7-,8+,11?/m1/s1. The summed E-state index contributed by atoms with van der Waals surface area (Å²) in [6.45, 7) is 2.24.